The molecule has 1 aromatic rings. The highest BCUT2D eigenvalue weighted by Crippen LogP contribution is 2.11. The standard InChI is InChI=1S/C19H31N3O5/c1-5-22(26)18(25)16-10-11-17(24)20(14-16)12-8-6-7-9-13-21(15-23)27-19(2,3)4/h10-11,14-15,26H,5-9,12-13H2,1-4H3. The Kier molecular flexibility index (Phi) is 9.17. The Hall–Kier alpha value is -2.19. The second-order valence-electron chi connectivity index (χ2n) is 7.33. The average molecular weight is 381 g/mol. The number of pyridine rings is 1. The Labute approximate surface area is 160 Å². The van der Waals surface area contributed by atoms with Gasteiger partial charge in [-0.25, -0.2) is 10.1 Å². The van der Waals surface area contributed by atoms with Crippen molar-refractivity contribution in [3.63, 3.8) is 0 Å². The van der Waals surface area contributed by atoms with Crippen LogP contribution in [0, 0.1) is 0 Å². The lowest BCUT2D eigenvalue weighted by molar-refractivity contribution is -0.216. The number of nitrogens with zero attached hydrogens (tertiary/aromatic N) is 3. The Morgan fingerprint density at radius 3 is 2.48 bits per heavy atom. The summed E-state index contributed by atoms with van der Waals surface area (Å²) in [6.07, 6.45) is 5.52. The second-order valence-corrected chi connectivity index (χ2v) is 7.33. The molecule has 8 nitrogen and oxygen atoms in total. The maximum atomic E-state index is 12.0. The zero-order valence-electron chi connectivity index (χ0n) is 16.7. The predicted octanol–water partition coefficient (Wildman–Crippen LogP) is 2.45. The van der Waals surface area contributed by atoms with Gasteiger partial charge in [-0.15, -0.1) is 0 Å². The lowest BCUT2D eigenvalue weighted by Gasteiger charge is -2.26. The summed E-state index contributed by atoms with van der Waals surface area (Å²) in [5, 5.41) is 11.4. The van der Waals surface area contributed by atoms with Gasteiger partial charge in [0.25, 0.3) is 11.5 Å². The van der Waals surface area contributed by atoms with E-state index in [0.717, 1.165) is 25.7 Å². The fourth-order valence-corrected chi connectivity index (χ4v) is 2.50. The summed E-state index contributed by atoms with van der Waals surface area (Å²) in [6, 6.07) is 2.76. The fraction of sp³-hybridized carbons (Fsp3) is 0.632. The van der Waals surface area contributed by atoms with Gasteiger partial charge >= 0.3 is 0 Å². The van der Waals surface area contributed by atoms with E-state index >= 15 is 0 Å². The highest BCUT2D eigenvalue weighted by Gasteiger charge is 2.15. The Balaban J connectivity index is 2.43. The van der Waals surface area contributed by atoms with E-state index < -0.39 is 11.5 Å². The van der Waals surface area contributed by atoms with E-state index in [-0.39, 0.29) is 17.7 Å². The first-order valence-corrected chi connectivity index (χ1v) is 9.30. The number of hydrogen-bond acceptors (Lipinski definition) is 5. The molecule has 0 fully saturated rings. The van der Waals surface area contributed by atoms with Crippen molar-refractivity contribution >= 4 is 12.3 Å². The first kappa shape index (κ1) is 22.9. The van der Waals surface area contributed by atoms with Gasteiger partial charge in [-0.05, 0) is 46.6 Å². The number of aryl methyl sites for hydroxylation is 1. The molecule has 0 aliphatic heterocycles. The van der Waals surface area contributed by atoms with E-state index in [9.17, 15) is 19.6 Å². The van der Waals surface area contributed by atoms with Gasteiger partial charge in [0, 0.05) is 31.9 Å². The SMILES string of the molecule is CCN(O)C(=O)c1ccc(=O)n(CCCCCCN(C=O)OC(C)(C)C)c1. The number of carbonyl (C=O) groups excluding carboxylic acids is 2. The van der Waals surface area contributed by atoms with Crippen LogP contribution in [-0.2, 0) is 16.2 Å². The summed E-state index contributed by atoms with van der Waals surface area (Å²) in [4.78, 5) is 40.4. The first-order chi connectivity index (χ1) is 12.7. The molecule has 8 heteroatoms. The van der Waals surface area contributed by atoms with Crippen LogP contribution < -0.4 is 5.56 Å². The van der Waals surface area contributed by atoms with Crippen LogP contribution in [0.25, 0.3) is 0 Å². The molecular weight excluding hydrogens is 350 g/mol. The number of aromatic nitrogens is 1. The van der Waals surface area contributed by atoms with E-state index in [4.69, 9.17) is 4.84 Å². The molecule has 152 valence electrons. The van der Waals surface area contributed by atoms with Gasteiger partial charge in [0.15, 0.2) is 0 Å². The van der Waals surface area contributed by atoms with Gasteiger partial charge in [-0.2, -0.15) is 0 Å². The van der Waals surface area contributed by atoms with Crippen molar-refractivity contribution in [3.05, 3.63) is 34.2 Å². The Morgan fingerprint density at radius 2 is 1.89 bits per heavy atom. The van der Waals surface area contributed by atoms with Gasteiger partial charge in [0.2, 0.25) is 6.41 Å². The molecule has 0 saturated carbocycles. The maximum absolute atomic E-state index is 12.0. The van der Waals surface area contributed by atoms with Crippen molar-refractivity contribution in [3.8, 4) is 0 Å². The number of amides is 2. The number of unbranched alkanes of at least 4 members (excludes halogenated alkanes) is 3. The largest absolute Gasteiger partial charge is 0.315 e. The predicted molar refractivity (Wildman–Crippen MR) is 101 cm³/mol. The minimum absolute atomic E-state index is 0.175. The normalized spacial score (nSPS) is 11.3. The second kappa shape index (κ2) is 10.8. The van der Waals surface area contributed by atoms with Gasteiger partial charge in [0.05, 0.1) is 11.2 Å². The summed E-state index contributed by atoms with van der Waals surface area (Å²) in [6.45, 7) is 8.51. The number of rotatable bonds is 11. The summed E-state index contributed by atoms with van der Waals surface area (Å²) in [7, 11) is 0. The highest BCUT2D eigenvalue weighted by molar-refractivity contribution is 5.93. The average Bonchev–Trinajstić information content (AvgIpc) is 2.62. The van der Waals surface area contributed by atoms with Crippen molar-refractivity contribution in [1.82, 2.24) is 14.7 Å². The summed E-state index contributed by atoms with van der Waals surface area (Å²) >= 11 is 0. The molecule has 1 rings (SSSR count). The van der Waals surface area contributed by atoms with Crippen molar-refractivity contribution in [2.75, 3.05) is 13.1 Å². The van der Waals surface area contributed by atoms with Crippen LogP contribution in [-0.4, -0.2) is 50.9 Å². The molecule has 0 radical (unpaired) electrons. The van der Waals surface area contributed by atoms with E-state index in [2.05, 4.69) is 0 Å². The van der Waals surface area contributed by atoms with E-state index in [1.54, 1.807) is 6.92 Å². The number of hydrogen-bond donors (Lipinski definition) is 1. The maximum Gasteiger partial charge on any atom is 0.278 e. The quantitative estimate of drug-likeness (QED) is 0.275. The third-order valence-corrected chi connectivity index (χ3v) is 3.80. The molecule has 0 aromatic carbocycles. The summed E-state index contributed by atoms with van der Waals surface area (Å²) in [5.74, 6) is -0.529. The lowest BCUT2D eigenvalue weighted by atomic mass is 10.2. The Bertz CT molecular complexity index is 666. The van der Waals surface area contributed by atoms with Gasteiger partial charge in [-0.1, -0.05) is 12.8 Å². The molecule has 0 saturated heterocycles. The summed E-state index contributed by atoms with van der Waals surface area (Å²) < 4.78 is 1.48. The van der Waals surface area contributed by atoms with E-state index in [1.165, 1.54) is 28.0 Å². The molecule has 0 unspecified atom stereocenters. The van der Waals surface area contributed by atoms with E-state index in [1.807, 2.05) is 20.8 Å². The highest BCUT2D eigenvalue weighted by atomic mass is 16.7. The first-order valence-electron chi connectivity index (χ1n) is 9.30. The molecule has 1 heterocycles. The molecule has 1 N–H and O–H groups in total. The van der Waals surface area contributed by atoms with Crippen LogP contribution in [0.2, 0.25) is 0 Å². The monoisotopic (exact) mass is 381 g/mol. The topological polar surface area (TPSA) is 92.1 Å². The van der Waals surface area contributed by atoms with Crippen LogP contribution in [0.1, 0.15) is 63.7 Å². The van der Waals surface area contributed by atoms with Gasteiger partial charge < -0.3 is 4.57 Å². The lowest BCUT2D eigenvalue weighted by Crippen LogP contribution is -2.33. The van der Waals surface area contributed by atoms with Gasteiger partial charge in [0.1, 0.15) is 0 Å². The smallest absolute Gasteiger partial charge is 0.278 e. The van der Waals surface area contributed by atoms with Crippen LogP contribution in [0.3, 0.4) is 0 Å². The molecule has 0 aliphatic rings. The van der Waals surface area contributed by atoms with Crippen LogP contribution in [0.5, 0.6) is 0 Å². The fourth-order valence-electron chi connectivity index (χ4n) is 2.50. The van der Waals surface area contributed by atoms with Gasteiger partial charge in [-0.3, -0.25) is 24.4 Å². The minimum Gasteiger partial charge on any atom is -0.315 e. The van der Waals surface area contributed by atoms with E-state index in [0.29, 0.717) is 24.6 Å². The van der Waals surface area contributed by atoms with Crippen molar-refractivity contribution in [2.45, 2.75) is 65.5 Å². The molecule has 0 atom stereocenters. The minimum atomic E-state index is -0.529. The third-order valence-electron chi connectivity index (χ3n) is 3.80. The van der Waals surface area contributed by atoms with Crippen molar-refractivity contribution in [2.24, 2.45) is 0 Å². The van der Waals surface area contributed by atoms with Crippen molar-refractivity contribution < 1.29 is 19.6 Å². The molecule has 0 spiro atoms. The molecule has 1 aromatic heterocycles. The van der Waals surface area contributed by atoms with Crippen molar-refractivity contribution in [1.29, 1.82) is 0 Å². The molecule has 0 aliphatic carbocycles. The third kappa shape index (κ3) is 8.36. The zero-order chi connectivity index (χ0) is 20.4. The van der Waals surface area contributed by atoms with Crippen LogP contribution in [0.4, 0.5) is 0 Å². The molecule has 0 bridgehead atoms. The van der Waals surface area contributed by atoms with Crippen LogP contribution >= 0.6 is 0 Å². The zero-order valence-corrected chi connectivity index (χ0v) is 16.7. The molecular formula is C19H31N3O5. The summed E-state index contributed by atoms with van der Waals surface area (Å²) in [5.41, 5.74) is -0.315. The molecule has 27 heavy (non-hydrogen) atoms. The van der Waals surface area contributed by atoms with Crippen LogP contribution in [0.15, 0.2) is 23.1 Å². The molecule has 2 amide bonds. The Morgan fingerprint density at radius 1 is 1.22 bits per heavy atom. The number of carbonyl (C=O) groups is 2. The number of hydroxylamine groups is 4.